The first kappa shape index (κ1) is 19.2. The van der Waals surface area contributed by atoms with Crippen LogP contribution in [0.4, 0.5) is 0 Å². The molecule has 1 aliphatic heterocycles. The van der Waals surface area contributed by atoms with Crippen LogP contribution in [0.25, 0.3) is 0 Å². The van der Waals surface area contributed by atoms with Gasteiger partial charge in [-0.2, -0.15) is 0 Å². The third-order valence-electron chi connectivity index (χ3n) is 4.65. The highest BCUT2D eigenvalue weighted by Crippen LogP contribution is 2.28. The van der Waals surface area contributed by atoms with Crippen LogP contribution >= 0.6 is 11.6 Å². The van der Waals surface area contributed by atoms with Gasteiger partial charge in [-0.1, -0.05) is 36.7 Å². The van der Waals surface area contributed by atoms with Gasteiger partial charge in [0.1, 0.15) is 11.5 Å². The van der Waals surface area contributed by atoms with Gasteiger partial charge in [0.2, 0.25) is 0 Å². The van der Waals surface area contributed by atoms with E-state index in [2.05, 4.69) is 37.8 Å². The van der Waals surface area contributed by atoms with Gasteiger partial charge in [0.25, 0.3) is 0 Å². The van der Waals surface area contributed by atoms with E-state index in [0.29, 0.717) is 23.1 Å². The van der Waals surface area contributed by atoms with Gasteiger partial charge in [0, 0.05) is 24.7 Å². The second-order valence-electron chi connectivity index (χ2n) is 7.45. The lowest BCUT2D eigenvalue weighted by molar-refractivity contribution is -0.0709. The topological polar surface area (TPSA) is 21.7 Å². The van der Waals surface area contributed by atoms with Crippen LogP contribution in [0, 0.1) is 5.92 Å². The first-order valence-corrected chi connectivity index (χ1v) is 9.76. The monoisotopic (exact) mass is 373 g/mol. The molecular weight excluding hydrogens is 346 g/mol. The lowest BCUT2D eigenvalue weighted by atomic mass is 9.99. The number of halogens is 1. The van der Waals surface area contributed by atoms with Gasteiger partial charge in [-0.25, -0.2) is 0 Å². The van der Waals surface area contributed by atoms with Crippen LogP contribution in [0.5, 0.6) is 11.5 Å². The number of para-hydroxylation sites is 1. The maximum absolute atomic E-state index is 6.10. The zero-order valence-electron chi connectivity index (χ0n) is 15.8. The Labute approximate surface area is 161 Å². The predicted molar refractivity (Wildman–Crippen MR) is 107 cm³/mol. The first-order valence-electron chi connectivity index (χ1n) is 9.38. The van der Waals surface area contributed by atoms with E-state index in [9.17, 15) is 0 Å². The number of rotatable bonds is 6. The van der Waals surface area contributed by atoms with Crippen molar-refractivity contribution in [2.75, 3.05) is 19.6 Å². The van der Waals surface area contributed by atoms with Crippen LogP contribution in [0.15, 0.2) is 48.5 Å². The van der Waals surface area contributed by atoms with Crippen molar-refractivity contribution in [3.63, 3.8) is 0 Å². The van der Waals surface area contributed by atoms with Gasteiger partial charge in [-0.15, -0.1) is 0 Å². The van der Waals surface area contributed by atoms with E-state index < -0.39 is 0 Å². The lowest BCUT2D eigenvalue weighted by Gasteiger charge is -2.36. The van der Waals surface area contributed by atoms with Crippen LogP contribution in [0.1, 0.15) is 26.3 Å². The number of morpholine rings is 1. The number of ether oxygens (including phenoxy) is 2. The Balaban J connectivity index is 1.63. The fourth-order valence-corrected chi connectivity index (χ4v) is 3.84. The van der Waals surface area contributed by atoms with Crippen molar-refractivity contribution in [1.82, 2.24) is 4.90 Å². The quantitative estimate of drug-likeness (QED) is 0.674. The third kappa shape index (κ3) is 5.47. The molecule has 1 fully saturated rings. The van der Waals surface area contributed by atoms with E-state index in [4.69, 9.17) is 21.1 Å². The second-order valence-corrected chi connectivity index (χ2v) is 7.89. The van der Waals surface area contributed by atoms with Crippen LogP contribution in [0.3, 0.4) is 0 Å². The molecule has 0 aromatic heterocycles. The van der Waals surface area contributed by atoms with E-state index in [1.807, 2.05) is 36.4 Å². The smallest absolute Gasteiger partial charge is 0.130 e. The molecule has 26 heavy (non-hydrogen) atoms. The summed E-state index contributed by atoms with van der Waals surface area (Å²) in [5.41, 5.74) is 1.24. The minimum absolute atomic E-state index is 0.312. The fraction of sp³-hybridized carbons (Fsp3) is 0.455. The highest BCUT2D eigenvalue weighted by molar-refractivity contribution is 6.30. The summed E-state index contributed by atoms with van der Waals surface area (Å²) in [6.45, 7) is 9.72. The van der Waals surface area contributed by atoms with E-state index in [1.165, 1.54) is 5.56 Å². The molecule has 0 amide bonds. The number of hydrogen-bond donors (Lipinski definition) is 0. The summed E-state index contributed by atoms with van der Waals surface area (Å²) in [5.74, 6) is 2.28. The molecule has 0 bridgehead atoms. The molecule has 0 spiro atoms. The van der Waals surface area contributed by atoms with Crippen molar-refractivity contribution in [1.29, 1.82) is 0 Å². The Morgan fingerprint density at radius 3 is 2.42 bits per heavy atom. The Morgan fingerprint density at radius 1 is 1.08 bits per heavy atom. The summed E-state index contributed by atoms with van der Waals surface area (Å²) < 4.78 is 11.9. The predicted octanol–water partition coefficient (Wildman–Crippen LogP) is 5.42. The summed E-state index contributed by atoms with van der Waals surface area (Å²) in [7, 11) is 0. The molecule has 3 unspecified atom stereocenters. The van der Waals surface area contributed by atoms with Crippen LogP contribution in [-0.4, -0.2) is 36.7 Å². The summed E-state index contributed by atoms with van der Waals surface area (Å²) in [4.78, 5) is 2.52. The van der Waals surface area contributed by atoms with Crippen molar-refractivity contribution in [2.45, 2.75) is 39.4 Å². The zero-order valence-corrected chi connectivity index (χ0v) is 16.6. The molecule has 4 heteroatoms. The molecule has 1 heterocycles. The van der Waals surface area contributed by atoms with Crippen LogP contribution in [-0.2, 0) is 11.2 Å². The SMILES string of the molecule is CC(Cc1ccccc1Oc1ccc(Cl)cc1)CN1CC(C)OC(C)C1. The standard InChI is InChI=1S/C22H28ClNO2/c1-16(13-24-14-17(2)25-18(3)15-24)12-19-6-4-5-7-22(19)26-21-10-8-20(23)9-11-21/h4-11,16-18H,12-15H2,1-3H3. The molecule has 3 atom stereocenters. The van der Waals surface area contributed by atoms with E-state index in [-0.39, 0.29) is 0 Å². The Morgan fingerprint density at radius 2 is 1.73 bits per heavy atom. The summed E-state index contributed by atoms with van der Waals surface area (Å²) in [5, 5.41) is 0.716. The third-order valence-corrected chi connectivity index (χ3v) is 4.90. The van der Waals surface area contributed by atoms with E-state index in [1.54, 1.807) is 0 Å². The van der Waals surface area contributed by atoms with Crippen molar-refractivity contribution >= 4 is 11.6 Å². The maximum atomic E-state index is 6.10. The van der Waals surface area contributed by atoms with Gasteiger partial charge in [0.05, 0.1) is 12.2 Å². The fourth-order valence-electron chi connectivity index (χ4n) is 3.72. The van der Waals surface area contributed by atoms with Gasteiger partial charge < -0.3 is 9.47 Å². The highest BCUT2D eigenvalue weighted by atomic mass is 35.5. The minimum atomic E-state index is 0.312. The largest absolute Gasteiger partial charge is 0.457 e. The Hall–Kier alpha value is -1.55. The molecule has 2 aromatic rings. The minimum Gasteiger partial charge on any atom is -0.457 e. The van der Waals surface area contributed by atoms with Crippen LogP contribution < -0.4 is 4.74 Å². The lowest BCUT2D eigenvalue weighted by Crippen LogP contribution is -2.47. The zero-order chi connectivity index (χ0) is 18.5. The summed E-state index contributed by atoms with van der Waals surface area (Å²) in [6, 6.07) is 15.8. The number of nitrogens with zero attached hydrogens (tertiary/aromatic N) is 1. The molecule has 3 nitrogen and oxygen atoms in total. The average Bonchev–Trinajstić information content (AvgIpc) is 2.57. The van der Waals surface area contributed by atoms with Crippen molar-refractivity contribution in [3.8, 4) is 11.5 Å². The summed E-state index contributed by atoms with van der Waals surface area (Å²) in [6.07, 6.45) is 1.61. The second kappa shape index (κ2) is 8.90. The van der Waals surface area contributed by atoms with Gasteiger partial charge in [0.15, 0.2) is 0 Å². The molecule has 1 saturated heterocycles. The van der Waals surface area contributed by atoms with Gasteiger partial charge in [-0.05, 0) is 62.1 Å². The van der Waals surface area contributed by atoms with E-state index in [0.717, 1.165) is 37.6 Å². The average molecular weight is 374 g/mol. The number of hydrogen-bond acceptors (Lipinski definition) is 3. The molecule has 2 aromatic carbocycles. The van der Waals surface area contributed by atoms with Gasteiger partial charge >= 0.3 is 0 Å². The molecule has 140 valence electrons. The molecule has 0 aliphatic carbocycles. The maximum Gasteiger partial charge on any atom is 0.130 e. The normalized spacial score (nSPS) is 22.2. The van der Waals surface area contributed by atoms with Crippen molar-refractivity contribution < 1.29 is 9.47 Å². The van der Waals surface area contributed by atoms with Crippen LogP contribution in [0.2, 0.25) is 5.02 Å². The molecule has 1 aliphatic rings. The van der Waals surface area contributed by atoms with Crippen molar-refractivity contribution in [2.24, 2.45) is 5.92 Å². The molecule has 0 radical (unpaired) electrons. The number of benzene rings is 2. The highest BCUT2D eigenvalue weighted by Gasteiger charge is 2.23. The molecule has 0 N–H and O–H groups in total. The Bertz CT molecular complexity index is 694. The Kier molecular flexibility index (Phi) is 6.58. The molecule has 3 rings (SSSR count). The molecule has 0 saturated carbocycles. The van der Waals surface area contributed by atoms with E-state index >= 15 is 0 Å². The van der Waals surface area contributed by atoms with Crippen molar-refractivity contribution in [3.05, 3.63) is 59.1 Å². The molecular formula is C22H28ClNO2. The summed E-state index contributed by atoms with van der Waals surface area (Å²) >= 11 is 5.96. The first-order chi connectivity index (χ1) is 12.5. The van der Waals surface area contributed by atoms with Gasteiger partial charge in [-0.3, -0.25) is 4.90 Å².